The number of carbonyl (C=O) groups excluding carboxylic acids is 1. The number of aromatic amines is 1. The molecule has 0 radical (unpaired) electrons. The molecule has 18 heavy (non-hydrogen) atoms. The second-order valence-corrected chi connectivity index (χ2v) is 4.94. The molecule has 1 aromatic heterocycles. The summed E-state index contributed by atoms with van der Waals surface area (Å²) in [6, 6.07) is 7.11. The van der Waals surface area contributed by atoms with Crippen LogP contribution < -0.4 is 5.43 Å². The Morgan fingerprint density at radius 3 is 2.78 bits per heavy atom. The summed E-state index contributed by atoms with van der Waals surface area (Å²) >= 11 is 7.77. The number of aromatic nitrogens is 2. The van der Waals surface area contributed by atoms with Crippen LogP contribution in [-0.4, -0.2) is 22.3 Å². The fourth-order valence-electron chi connectivity index (χ4n) is 1.20. The molecule has 5 nitrogen and oxygen atoms in total. The maximum atomic E-state index is 11.6. The summed E-state index contributed by atoms with van der Waals surface area (Å²) in [5, 5.41) is 10.9. The predicted molar refractivity (Wildman–Crippen MR) is 77.8 cm³/mol. The summed E-state index contributed by atoms with van der Waals surface area (Å²) in [6.07, 6.45) is 3.11. The number of nitrogens with one attached hydrogen (secondary N) is 2. The molecule has 2 aromatic rings. The van der Waals surface area contributed by atoms with Crippen molar-refractivity contribution < 1.29 is 4.79 Å². The van der Waals surface area contributed by atoms with Crippen LogP contribution in [0.25, 0.3) is 0 Å². The molecule has 1 amide bonds. The van der Waals surface area contributed by atoms with E-state index in [-0.39, 0.29) is 5.91 Å². The van der Waals surface area contributed by atoms with Crippen LogP contribution >= 0.6 is 34.2 Å². The lowest BCUT2D eigenvalue weighted by atomic mass is 10.2. The zero-order valence-corrected chi connectivity index (χ0v) is 11.9. The van der Waals surface area contributed by atoms with Crippen molar-refractivity contribution in [1.29, 1.82) is 0 Å². The SMILES string of the molecule is O=C(N/N=C\c1ccc(Cl)cc1)c1[nH]ncc1I. The maximum absolute atomic E-state index is 11.6. The fourth-order valence-corrected chi connectivity index (χ4v) is 1.83. The molecule has 0 aliphatic heterocycles. The first-order valence-electron chi connectivity index (χ1n) is 4.94. The van der Waals surface area contributed by atoms with E-state index < -0.39 is 0 Å². The van der Waals surface area contributed by atoms with Crippen LogP contribution in [-0.2, 0) is 0 Å². The number of amides is 1. The van der Waals surface area contributed by atoms with E-state index in [9.17, 15) is 4.79 Å². The van der Waals surface area contributed by atoms with Crippen LogP contribution in [0.5, 0.6) is 0 Å². The Labute approximate surface area is 122 Å². The molecule has 0 fully saturated rings. The molecule has 0 saturated heterocycles. The molecule has 0 atom stereocenters. The number of rotatable bonds is 3. The summed E-state index contributed by atoms with van der Waals surface area (Å²) in [4.78, 5) is 11.6. The van der Waals surface area contributed by atoms with Crippen molar-refractivity contribution in [3.8, 4) is 0 Å². The first-order chi connectivity index (χ1) is 8.66. The molecule has 0 saturated carbocycles. The minimum atomic E-state index is -0.331. The minimum absolute atomic E-state index is 0.331. The molecule has 0 spiro atoms. The van der Waals surface area contributed by atoms with Crippen molar-refractivity contribution in [2.45, 2.75) is 0 Å². The molecule has 0 unspecified atom stereocenters. The first-order valence-corrected chi connectivity index (χ1v) is 6.40. The quantitative estimate of drug-likeness (QED) is 0.492. The van der Waals surface area contributed by atoms with Crippen molar-refractivity contribution >= 4 is 46.3 Å². The van der Waals surface area contributed by atoms with Gasteiger partial charge in [-0.15, -0.1) is 0 Å². The summed E-state index contributed by atoms with van der Waals surface area (Å²) in [6.45, 7) is 0. The highest BCUT2D eigenvalue weighted by Crippen LogP contribution is 2.08. The number of H-pyrrole nitrogens is 1. The normalized spacial score (nSPS) is 10.8. The molecule has 2 rings (SSSR count). The number of halogens is 2. The number of hydrogen-bond donors (Lipinski definition) is 2. The van der Waals surface area contributed by atoms with Crippen LogP contribution in [0, 0.1) is 3.57 Å². The van der Waals surface area contributed by atoms with Crippen molar-refractivity contribution in [3.05, 3.63) is 50.3 Å². The van der Waals surface area contributed by atoms with E-state index in [1.165, 1.54) is 6.21 Å². The van der Waals surface area contributed by atoms with Crippen molar-refractivity contribution in [2.24, 2.45) is 5.10 Å². The zero-order chi connectivity index (χ0) is 13.0. The molecule has 0 bridgehead atoms. The monoisotopic (exact) mass is 374 g/mol. The highest BCUT2D eigenvalue weighted by Gasteiger charge is 2.10. The highest BCUT2D eigenvalue weighted by atomic mass is 127. The third kappa shape index (κ3) is 3.30. The maximum Gasteiger partial charge on any atom is 0.290 e. The van der Waals surface area contributed by atoms with Gasteiger partial charge >= 0.3 is 0 Å². The molecule has 1 heterocycles. The van der Waals surface area contributed by atoms with Crippen molar-refractivity contribution in [3.63, 3.8) is 0 Å². The number of hydrogen-bond acceptors (Lipinski definition) is 3. The summed E-state index contributed by atoms with van der Waals surface area (Å²) in [5.74, 6) is -0.331. The summed E-state index contributed by atoms with van der Waals surface area (Å²) in [7, 11) is 0. The smallest absolute Gasteiger partial charge is 0.272 e. The molecule has 7 heteroatoms. The molecular weight excluding hydrogens is 367 g/mol. The average Bonchev–Trinajstić information content (AvgIpc) is 2.78. The van der Waals surface area contributed by atoms with Crippen LogP contribution in [0.15, 0.2) is 35.6 Å². The van der Waals surface area contributed by atoms with Gasteiger partial charge < -0.3 is 0 Å². The van der Waals surface area contributed by atoms with Gasteiger partial charge in [-0.05, 0) is 40.3 Å². The van der Waals surface area contributed by atoms with Crippen LogP contribution in [0.2, 0.25) is 5.02 Å². The van der Waals surface area contributed by atoms with Crippen LogP contribution in [0.3, 0.4) is 0 Å². The number of carbonyl (C=O) groups is 1. The molecular formula is C11H8ClIN4O. The fraction of sp³-hybridized carbons (Fsp3) is 0. The van der Waals surface area contributed by atoms with Gasteiger partial charge in [0.2, 0.25) is 0 Å². The zero-order valence-electron chi connectivity index (χ0n) is 9.02. The van der Waals surface area contributed by atoms with Gasteiger partial charge in [-0.1, -0.05) is 23.7 Å². The lowest BCUT2D eigenvalue weighted by Gasteiger charge is -1.97. The molecule has 0 aliphatic carbocycles. The summed E-state index contributed by atoms with van der Waals surface area (Å²) in [5.41, 5.74) is 3.65. The average molecular weight is 375 g/mol. The molecule has 2 N–H and O–H groups in total. The van der Waals surface area contributed by atoms with Gasteiger partial charge in [0.05, 0.1) is 16.0 Å². The topological polar surface area (TPSA) is 70.1 Å². The third-order valence-electron chi connectivity index (χ3n) is 2.07. The van der Waals surface area contributed by atoms with E-state index >= 15 is 0 Å². The largest absolute Gasteiger partial charge is 0.290 e. The number of benzene rings is 1. The van der Waals surface area contributed by atoms with E-state index in [4.69, 9.17) is 11.6 Å². The number of hydrazone groups is 1. The van der Waals surface area contributed by atoms with Gasteiger partial charge in [0, 0.05) is 5.02 Å². The lowest BCUT2D eigenvalue weighted by Crippen LogP contribution is -2.19. The molecule has 92 valence electrons. The first kappa shape index (κ1) is 13.0. The van der Waals surface area contributed by atoms with Gasteiger partial charge in [0.25, 0.3) is 5.91 Å². The lowest BCUT2D eigenvalue weighted by molar-refractivity contribution is 0.0949. The van der Waals surface area contributed by atoms with Crippen LogP contribution in [0.4, 0.5) is 0 Å². The van der Waals surface area contributed by atoms with Gasteiger partial charge in [-0.2, -0.15) is 10.2 Å². The Morgan fingerprint density at radius 1 is 1.44 bits per heavy atom. The van der Waals surface area contributed by atoms with E-state index in [0.717, 1.165) is 9.13 Å². The van der Waals surface area contributed by atoms with Gasteiger partial charge in [0.15, 0.2) is 0 Å². The highest BCUT2D eigenvalue weighted by molar-refractivity contribution is 14.1. The van der Waals surface area contributed by atoms with Crippen LogP contribution in [0.1, 0.15) is 16.1 Å². The van der Waals surface area contributed by atoms with Gasteiger partial charge in [0.1, 0.15) is 5.69 Å². The molecule has 1 aromatic carbocycles. The Morgan fingerprint density at radius 2 is 2.17 bits per heavy atom. The van der Waals surface area contributed by atoms with Gasteiger partial charge in [-0.3, -0.25) is 9.89 Å². The van der Waals surface area contributed by atoms with E-state index in [1.54, 1.807) is 30.5 Å². The minimum Gasteiger partial charge on any atom is -0.272 e. The van der Waals surface area contributed by atoms with E-state index in [2.05, 4.69) is 20.7 Å². The van der Waals surface area contributed by atoms with E-state index in [1.807, 2.05) is 22.6 Å². The summed E-state index contributed by atoms with van der Waals surface area (Å²) < 4.78 is 0.742. The van der Waals surface area contributed by atoms with Gasteiger partial charge in [-0.25, -0.2) is 5.43 Å². The second-order valence-electron chi connectivity index (χ2n) is 3.34. The van der Waals surface area contributed by atoms with E-state index in [0.29, 0.717) is 10.7 Å². The Kier molecular flexibility index (Phi) is 4.32. The predicted octanol–water partition coefficient (Wildman–Crippen LogP) is 2.43. The third-order valence-corrected chi connectivity index (χ3v) is 3.14. The van der Waals surface area contributed by atoms with Crippen molar-refractivity contribution in [2.75, 3.05) is 0 Å². The molecule has 0 aliphatic rings. The standard InChI is InChI=1S/C11H8ClIN4O/c12-8-3-1-7(2-4-8)5-14-17-11(18)10-9(13)6-15-16-10/h1-6H,(H,15,16)(H,17,18)/b14-5-. The Hall–Kier alpha value is -1.41. The Balaban J connectivity index is 1.98. The number of nitrogens with zero attached hydrogens (tertiary/aromatic N) is 2. The Bertz CT molecular complexity index is 579. The second kappa shape index (κ2) is 5.96. The van der Waals surface area contributed by atoms with Crippen molar-refractivity contribution in [1.82, 2.24) is 15.6 Å².